The van der Waals surface area contributed by atoms with Crippen LogP contribution in [0.4, 0.5) is 13.2 Å². The van der Waals surface area contributed by atoms with Gasteiger partial charge in [-0.1, -0.05) is 34.1 Å². The molecule has 0 fully saturated rings. The minimum absolute atomic E-state index is 0.279. The summed E-state index contributed by atoms with van der Waals surface area (Å²) in [5, 5.41) is 0. The van der Waals surface area contributed by atoms with E-state index in [4.69, 9.17) is 0 Å². The molecule has 0 heterocycles. The van der Waals surface area contributed by atoms with Crippen LogP contribution in [0.25, 0.3) is 0 Å². The zero-order valence-electron chi connectivity index (χ0n) is 8.18. The smallest absolute Gasteiger partial charge is 0.294 e. The first-order valence-electron chi connectivity index (χ1n) is 4.37. The molecule has 0 bridgehead atoms. The third-order valence-corrected chi connectivity index (χ3v) is 2.62. The van der Waals surface area contributed by atoms with Crippen LogP contribution in [0.2, 0.25) is 0 Å². The van der Waals surface area contributed by atoms with Crippen molar-refractivity contribution in [3.05, 3.63) is 34.3 Å². The van der Waals surface area contributed by atoms with Crippen molar-refractivity contribution in [1.29, 1.82) is 0 Å². The van der Waals surface area contributed by atoms with Gasteiger partial charge in [-0.25, -0.2) is 0 Å². The second-order valence-corrected chi connectivity index (χ2v) is 4.23. The molecular weight excluding hydrogens is 271 g/mol. The largest absolute Gasteiger partial charge is 0.401 e. The first-order chi connectivity index (χ1) is 6.88. The maximum Gasteiger partial charge on any atom is 0.401 e. The molecule has 1 nitrogen and oxygen atoms in total. The van der Waals surface area contributed by atoms with E-state index in [9.17, 15) is 13.2 Å². The van der Waals surface area contributed by atoms with Crippen LogP contribution in [0.5, 0.6) is 0 Å². The maximum atomic E-state index is 12.1. The summed E-state index contributed by atoms with van der Waals surface area (Å²) in [4.78, 5) is 1.24. The Morgan fingerprint density at radius 2 is 1.87 bits per heavy atom. The number of alkyl halides is 3. The van der Waals surface area contributed by atoms with Crippen LogP contribution in [-0.2, 0) is 6.54 Å². The van der Waals surface area contributed by atoms with Gasteiger partial charge in [-0.3, -0.25) is 4.90 Å². The Balaban J connectivity index is 2.59. The van der Waals surface area contributed by atoms with Crippen LogP contribution in [0, 0.1) is 0 Å². The molecule has 1 aromatic carbocycles. The molecule has 0 saturated heterocycles. The van der Waals surface area contributed by atoms with E-state index in [0.717, 1.165) is 10.0 Å². The lowest BCUT2D eigenvalue weighted by molar-refractivity contribution is -0.144. The summed E-state index contributed by atoms with van der Waals surface area (Å²) >= 11 is 3.30. The van der Waals surface area contributed by atoms with Crippen molar-refractivity contribution in [3.63, 3.8) is 0 Å². The summed E-state index contributed by atoms with van der Waals surface area (Å²) < 4.78 is 37.0. The van der Waals surface area contributed by atoms with E-state index in [-0.39, 0.29) is 6.54 Å². The number of halogens is 4. The van der Waals surface area contributed by atoms with Crippen LogP contribution in [0.1, 0.15) is 5.56 Å². The Labute approximate surface area is 95.0 Å². The SMILES string of the molecule is CN(Cc1ccccc1Br)CC(F)(F)F. The highest BCUT2D eigenvalue weighted by Gasteiger charge is 2.29. The summed E-state index contributed by atoms with van der Waals surface area (Å²) in [6.45, 7) is -0.616. The number of nitrogens with zero attached hydrogens (tertiary/aromatic N) is 1. The van der Waals surface area contributed by atoms with Crippen molar-refractivity contribution in [3.8, 4) is 0 Å². The summed E-state index contributed by atoms with van der Waals surface area (Å²) in [5.74, 6) is 0. The monoisotopic (exact) mass is 281 g/mol. The average Bonchev–Trinajstić information content (AvgIpc) is 2.05. The van der Waals surface area contributed by atoms with Gasteiger partial charge in [0.25, 0.3) is 0 Å². The summed E-state index contributed by atoms with van der Waals surface area (Å²) in [7, 11) is 1.45. The quantitative estimate of drug-likeness (QED) is 0.820. The van der Waals surface area contributed by atoms with E-state index in [1.165, 1.54) is 11.9 Å². The fourth-order valence-corrected chi connectivity index (χ4v) is 1.69. The second-order valence-electron chi connectivity index (χ2n) is 3.38. The number of hydrogen-bond donors (Lipinski definition) is 0. The Bertz CT molecular complexity index is 325. The number of rotatable bonds is 3. The first kappa shape index (κ1) is 12.5. The lowest BCUT2D eigenvalue weighted by atomic mass is 10.2. The molecular formula is C10H11BrF3N. The first-order valence-corrected chi connectivity index (χ1v) is 5.16. The summed E-state index contributed by atoms with van der Waals surface area (Å²) in [6.07, 6.45) is -4.14. The van der Waals surface area contributed by atoms with Gasteiger partial charge in [-0.05, 0) is 18.7 Å². The predicted octanol–water partition coefficient (Wildman–Crippen LogP) is 3.44. The van der Waals surface area contributed by atoms with Gasteiger partial charge in [0.2, 0.25) is 0 Å². The second kappa shape index (κ2) is 4.99. The molecule has 15 heavy (non-hydrogen) atoms. The van der Waals surface area contributed by atoms with Crippen LogP contribution < -0.4 is 0 Å². The molecule has 1 aromatic rings. The molecule has 0 aliphatic heterocycles. The van der Waals surface area contributed by atoms with Crippen LogP contribution in [0.3, 0.4) is 0 Å². The van der Waals surface area contributed by atoms with Gasteiger partial charge in [-0.2, -0.15) is 13.2 Å². The van der Waals surface area contributed by atoms with Gasteiger partial charge in [0.1, 0.15) is 0 Å². The minimum Gasteiger partial charge on any atom is -0.294 e. The molecule has 5 heteroatoms. The van der Waals surface area contributed by atoms with Gasteiger partial charge < -0.3 is 0 Å². The molecule has 0 aromatic heterocycles. The van der Waals surface area contributed by atoms with Crippen molar-refractivity contribution in [1.82, 2.24) is 4.90 Å². The molecule has 0 radical (unpaired) electrons. The Kier molecular flexibility index (Phi) is 4.16. The van der Waals surface area contributed by atoms with Gasteiger partial charge in [0.05, 0.1) is 6.54 Å². The van der Waals surface area contributed by atoms with E-state index < -0.39 is 12.7 Å². The fraction of sp³-hybridized carbons (Fsp3) is 0.400. The van der Waals surface area contributed by atoms with Crippen LogP contribution >= 0.6 is 15.9 Å². The molecule has 0 N–H and O–H groups in total. The predicted molar refractivity (Wildman–Crippen MR) is 56.5 cm³/mol. The molecule has 0 atom stereocenters. The highest BCUT2D eigenvalue weighted by atomic mass is 79.9. The van der Waals surface area contributed by atoms with Gasteiger partial charge in [-0.15, -0.1) is 0 Å². The third-order valence-electron chi connectivity index (χ3n) is 1.85. The van der Waals surface area contributed by atoms with Crippen molar-refractivity contribution >= 4 is 15.9 Å². The molecule has 84 valence electrons. The molecule has 0 unspecified atom stereocenters. The van der Waals surface area contributed by atoms with E-state index in [0.29, 0.717) is 0 Å². The molecule has 0 saturated carbocycles. The van der Waals surface area contributed by atoms with E-state index in [2.05, 4.69) is 15.9 Å². The molecule has 0 amide bonds. The van der Waals surface area contributed by atoms with Crippen molar-refractivity contribution in [2.45, 2.75) is 12.7 Å². The standard InChI is InChI=1S/C10H11BrF3N/c1-15(7-10(12,13)14)6-8-4-2-3-5-9(8)11/h2-5H,6-7H2,1H3. The maximum absolute atomic E-state index is 12.1. The average molecular weight is 282 g/mol. The highest BCUT2D eigenvalue weighted by Crippen LogP contribution is 2.20. The molecule has 0 aliphatic carbocycles. The van der Waals surface area contributed by atoms with E-state index in [1.807, 2.05) is 18.2 Å². The zero-order valence-corrected chi connectivity index (χ0v) is 9.77. The Morgan fingerprint density at radius 1 is 1.27 bits per heavy atom. The van der Waals surface area contributed by atoms with Crippen molar-refractivity contribution in [2.75, 3.05) is 13.6 Å². The van der Waals surface area contributed by atoms with Gasteiger partial charge >= 0.3 is 6.18 Å². The normalized spacial score (nSPS) is 12.1. The third kappa shape index (κ3) is 4.66. The Morgan fingerprint density at radius 3 is 2.40 bits per heavy atom. The van der Waals surface area contributed by atoms with Crippen LogP contribution in [-0.4, -0.2) is 24.7 Å². The van der Waals surface area contributed by atoms with E-state index in [1.54, 1.807) is 6.07 Å². The topological polar surface area (TPSA) is 3.24 Å². The highest BCUT2D eigenvalue weighted by molar-refractivity contribution is 9.10. The van der Waals surface area contributed by atoms with Crippen molar-refractivity contribution < 1.29 is 13.2 Å². The van der Waals surface area contributed by atoms with E-state index >= 15 is 0 Å². The molecule has 0 aliphatic rings. The van der Waals surface area contributed by atoms with Crippen LogP contribution in [0.15, 0.2) is 28.7 Å². The van der Waals surface area contributed by atoms with Gasteiger partial charge in [0.15, 0.2) is 0 Å². The molecule has 1 rings (SSSR count). The number of hydrogen-bond acceptors (Lipinski definition) is 1. The molecule has 0 spiro atoms. The summed E-state index contributed by atoms with van der Waals surface area (Å²) in [5.41, 5.74) is 0.851. The number of benzene rings is 1. The lowest BCUT2D eigenvalue weighted by Crippen LogP contribution is -2.30. The summed E-state index contributed by atoms with van der Waals surface area (Å²) in [6, 6.07) is 7.26. The fourth-order valence-electron chi connectivity index (χ4n) is 1.28. The lowest BCUT2D eigenvalue weighted by Gasteiger charge is -2.19. The van der Waals surface area contributed by atoms with Gasteiger partial charge in [0, 0.05) is 11.0 Å². The van der Waals surface area contributed by atoms with Crippen molar-refractivity contribution in [2.24, 2.45) is 0 Å². The minimum atomic E-state index is -4.14. The zero-order chi connectivity index (χ0) is 11.5. The Hall–Kier alpha value is -0.550.